The van der Waals surface area contributed by atoms with Crippen LogP contribution in [0.3, 0.4) is 0 Å². The van der Waals surface area contributed by atoms with Crippen LogP contribution in [-0.2, 0) is 36.6 Å². The third kappa shape index (κ3) is 9.60. The number of hydrogen-bond donors (Lipinski definition) is 2. The number of fused-ring (bicyclic) bond motifs is 2. The second-order valence-electron chi connectivity index (χ2n) is 16.6. The van der Waals surface area contributed by atoms with Gasteiger partial charge in [0.2, 0.25) is 0 Å². The molecule has 0 radical (unpaired) electrons. The number of oxazole rings is 1. The highest BCUT2D eigenvalue weighted by Gasteiger charge is 2.40. The standard InChI is InChI=1S/C43H57N7O9/c1-29-26-30(27-36-38(29)45-42(54)58-36)28-37(59-43(55)48-18-12-33(13-19-48)50-20-9-31-6-2-3-7-34(31)44-41(50)53)39(51)47-16-10-32(11-17-47)49-15-4-8-35(49)40(52)57-23-5-14-46-21-24-56-25-22-46/h2-3,6-7,26-27,32-33,35,37H,4-5,8-25,28H2,1H3,(H,44,53)(H,45,54)/t35-,37-/m1/s1. The minimum absolute atomic E-state index is 0.0322. The topological polar surface area (TPSA) is 170 Å². The summed E-state index contributed by atoms with van der Waals surface area (Å²) in [6.07, 6.45) is 4.21. The van der Waals surface area contributed by atoms with Gasteiger partial charge in [0.15, 0.2) is 11.7 Å². The van der Waals surface area contributed by atoms with Crippen LogP contribution < -0.4 is 11.1 Å². The number of esters is 1. The molecule has 2 N–H and O–H groups in total. The lowest BCUT2D eigenvalue weighted by molar-refractivity contribution is -0.151. The quantitative estimate of drug-likeness (QED) is 0.214. The number of morpholine rings is 1. The van der Waals surface area contributed by atoms with Crippen LogP contribution in [0, 0.1) is 6.92 Å². The number of carbonyl (C=O) groups is 4. The molecule has 16 nitrogen and oxygen atoms in total. The zero-order chi connectivity index (χ0) is 40.9. The first-order valence-electron chi connectivity index (χ1n) is 21.4. The van der Waals surface area contributed by atoms with Crippen molar-refractivity contribution in [3.05, 3.63) is 63.6 Å². The fraction of sp³-hybridized carbons (Fsp3) is 0.605. The molecule has 5 aliphatic heterocycles. The molecule has 5 aliphatic rings. The predicted octanol–water partition coefficient (Wildman–Crippen LogP) is 3.75. The molecule has 0 aliphatic carbocycles. The minimum Gasteiger partial charge on any atom is -0.464 e. The number of piperidine rings is 2. The van der Waals surface area contributed by atoms with Gasteiger partial charge in [-0.2, -0.15) is 0 Å². The Morgan fingerprint density at radius 2 is 1.63 bits per heavy atom. The van der Waals surface area contributed by atoms with Crippen molar-refractivity contribution in [2.45, 2.75) is 88.9 Å². The lowest BCUT2D eigenvalue weighted by Gasteiger charge is -2.40. The van der Waals surface area contributed by atoms with Gasteiger partial charge in [0.05, 0.1) is 25.3 Å². The molecule has 318 valence electrons. The Bertz CT molecular complexity index is 2030. The number of aryl methyl sites for hydroxylation is 1. The van der Waals surface area contributed by atoms with Crippen LogP contribution in [0.2, 0.25) is 0 Å². The number of aromatic amines is 1. The maximum absolute atomic E-state index is 14.4. The first-order chi connectivity index (χ1) is 28.7. The Kier molecular flexibility index (Phi) is 12.8. The molecule has 8 rings (SSSR count). The van der Waals surface area contributed by atoms with Crippen molar-refractivity contribution in [3.8, 4) is 0 Å². The molecule has 0 saturated carbocycles. The maximum atomic E-state index is 14.4. The zero-order valence-electron chi connectivity index (χ0n) is 34.0. The second-order valence-corrected chi connectivity index (χ2v) is 16.6. The van der Waals surface area contributed by atoms with Crippen molar-refractivity contribution in [1.29, 1.82) is 0 Å². The average Bonchev–Trinajstić information content (AvgIpc) is 3.86. The molecule has 16 heteroatoms. The number of aromatic nitrogens is 1. The van der Waals surface area contributed by atoms with E-state index in [2.05, 4.69) is 20.1 Å². The van der Waals surface area contributed by atoms with Gasteiger partial charge in [-0.15, -0.1) is 0 Å². The molecule has 4 saturated heterocycles. The van der Waals surface area contributed by atoms with Crippen molar-refractivity contribution in [1.82, 2.24) is 29.5 Å². The van der Waals surface area contributed by atoms with Gasteiger partial charge < -0.3 is 38.6 Å². The van der Waals surface area contributed by atoms with Gasteiger partial charge in [-0.3, -0.25) is 24.4 Å². The van der Waals surface area contributed by atoms with Crippen molar-refractivity contribution in [2.24, 2.45) is 0 Å². The Labute approximate surface area is 344 Å². The van der Waals surface area contributed by atoms with E-state index in [0.717, 1.165) is 81.9 Å². The average molecular weight is 816 g/mol. The van der Waals surface area contributed by atoms with Gasteiger partial charge in [0, 0.05) is 76.5 Å². The number of nitrogens with zero attached hydrogens (tertiary/aromatic N) is 5. The maximum Gasteiger partial charge on any atom is 0.417 e. The van der Waals surface area contributed by atoms with E-state index < -0.39 is 18.0 Å². The number of nitrogens with one attached hydrogen (secondary N) is 2. The van der Waals surface area contributed by atoms with Gasteiger partial charge in [-0.25, -0.2) is 14.4 Å². The van der Waals surface area contributed by atoms with Crippen molar-refractivity contribution >= 4 is 40.8 Å². The number of anilines is 1. The Hall–Kier alpha value is -4.93. The molecule has 2 atom stereocenters. The summed E-state index contributed by atoms with van der Waals surface area (Å²) in [5.74, 6) is -1.01. The van der Waals surface area contributed by atoms with Crippen molar-refractivity contribution in [3.63, 3.8) is 0 Å². The predicted molar refractivity (Wildman–Crippen MR) is 218 cm³/mol. The van der Waals surface area contributed by atoms with E-state index in [0.29, 0.717) is 81.7 Å². The number of hydrogen-bond acceptors (Lipinski definition) is 11. The molecule has 3 aromatic rings. The number of carbonyl (C=O) groups excluding carboxylic acids is 4. The zero-order valence-corrected chi connectivity index (χ0v) is 34.0. The molecule has 0 spiro atoms. The van der Waals surface area contributed by atoms with E-state index in [9.17, 15) is 24.0 Å². The molecule has 0 bridgehead atoms. The van der Waals surface area contributed by atoms with E-state index in [-0.39, 0.29) is 42.5 Å². The number of para-hydroxylation sites is 1. The van der Waals surface area contributed by atoms with Gasteiger partial charge in [0.1, 0.15) is 6.04 Å². The Morgan fingerprint density at radius 1 is 0.881 bits per heavy atom. The van der Waals surface area contributed by atoms with E-state index in [1.54, 1.807) is 15.9 Å². The van der Waals surface area contributed by atoms with Crippen LogP contribution in [-0.4, -0.2) is 156 Å². The summed E-state index contributed by atoms with van der Waals surface area (Å²) in [4.78, 5) is 79.2. The number of urea groups is 1. The molecule has 59 heavy (non-hydrogen) atoms. The van der Waals surface area contributed by atoms with E-state index in [1.807, 2.05) is 42.2 Å². The number of H-pyrrole nitrogens is 1. The largest absolute Gasteiger partial charge is 0.464 e. The second kappa shape index (κ2) is 18.6. The van der Waals surface area contributed by atoms with Crippen LogP contribution in [0.1, 0.15) is 61.6 Å². The lowest BCUT2D eigenvalue weighted by atomic mass is 9.99. The molecule has 0 unspecified atom stereocenters. The monoisotopic (exact) mass is 815 g/mol. The third-order valence-corrected chi connectivity index (χ3v) is 12.8. The Morgan fingerprint density at radius 3 is 2.42 bits per heavy atom. The first kappa shape index (κ1) is 40.8. The molecule has 6 heterocycles. The molecule has 1 aromatic heterocycles. The van der Waals surface area contributed by atoms with Crippen LogP contribution in [0.25, 0.3) is 11.1 Å². The summed E-state index contributed by atoms with van der Waals surface area (Å²) in [5.41, 5.74) is 4.38. The summed E-state index contributed by atoms with van der Waals surface area (Å²) in [7, 11) is 0. The summed E-state index contributed by atoms with van der Waals surface area (Å²) in [5, 5.41) is 3.04. The van der Waals surface area contributed by atoms with Gasteiger partial charge >= 0.3 is 23.8 Å². The van der Waals surface area contributed by atoms with Gasteiger partial charge in [0.25, 0.3) is 5.91 Å². The van der Waals surface area contributed by atoms with Gasteiger partial charge in [-0.05, 0) is 93.7 Å². The highest BCUT2D eigenvalue weighted by atomic mass is 16.6. The first-order valence-corrected chi connectivity index (χ1v) is 21.4. The summed E-state index contributed by atoms with van der Waals surface area (Å²) < 4.78 is 22.7. The van der Waals surface area contributed by atoms with Crippen molar-refractivity contribution in [2.75, 3.05) is 84.0 Å². The molecular formula is C43H57N7O9. The van der Waals surface area contributed by atoms with Crippen LogP contribution in [0.4, 0.5) is 15.3 Å². The number of benzene rings is 2. The van der Waals surface area contributed by atoms with E-state index >= 15 is 0 Å². The van der Waals surface area contributed by atoms with Crippen LogP contribution in [0.15, 0.2) is 45.6 Å². The van der Waals surface area contributed by atoms with E-state index in [1.165, 1.54) is 0 Å². The van der Waals surface area contributed by atoms with Crippen LogP contribution in [0.5, 0.6) is 0 Å². The summed E-state index contributed by atoms with van der Waals surface area (Å²) >= 11 is 0. The molecule has 2 aromatic carbocycles. The number of likely N-dealkylation sites (tertiary alicyclic amines) is 3. The third-order valence-electron chi connectivity index (χ3n) is 12.8. The highest BCUT2D eigenvalue weighted by molar-refractivity contribution is 5.91. The fourth-order valence-corrected chi connectivity index (χ4v) is 9.58. The number of rotatable bonds is 11. The highest BCUT2D eigenvalue weighted by Crippen LogP contribution is 2.29. The smallest absolute Gasteiger partial charge is 0.417 e. The number of ether oxygens (including phenoxy) is 3. The van der Waals surface area contributed by atoms with Crippen LogP contribution >= 0.6 is 0 Å². The van der Waals surface area contributed by atoms with E-state index in [4.69, 9.17) is 18.6 Å². The van der Waals surface area contributed by atoms with Gasteiger partial charge in [-0.1, -0.05) is 24.3 Å². The Balaban J connectivity index is 0.878. The van der Waals surface area contributed by atoms with Crippen molar-refractivity contribution < 1.29 is 37.8 Å². The minimum atomic E-state index is -1.11. The lowest BCUT2D eigenvalue weighted by Crippen LogP contribution is -2.53. The molecular weight excluding hydrogens is 759 g/mol. The summed E-state index contributed by atoms with van der Waals surface area (Å²) in [6, 6.07) is 11.1. The SMILES string of the molecule is Cc1cc(C[C@@H](OC(=O)N2CCC(N3CCc4ccccc4NC3=O)CC2)C(=O)N2CCC(N3CCC[C@@H]3C(=O)OCCCN3CCOCC3)CC2)cc2oc(=O)[nH]c12. The number of amides is 4. The normalized spacial score (nSPS) is 21.9. The summed E-state index contributed by atoms with van der Waals surface area (Å²) in [6.45, 7) is 9.57. The fourth-order valence-electron chi connectivity index (χ4n) is 9.58. The molecule has 4 fully saturated rings. The molecule has 4 amide bonds.